The largest absolute Gasteiger partial charge is 0.364 e. The first-order valence-electron chi connectivity index (χ1n) is 8.22. The monoisotopic (exact) mass is 382 g/mol. The second kappa shape index (κ2) is 7.56. The van der Waals surface area contributed by atoms with Crippen molar-refractivity contribution >= 4 is 15.9 Å². The number of carbonyl (C=O) groups is 1. The maximum Gasteiger partial charge on any atom is 0.244 e. The summed E-state index contributed by atoms with van der Waals surface area (Å²) in [5.41, 5.74) is 1.15. The van der Waals surface area contributed by atoms with E-state index in [9.17, 15) is 13.2 Å². The van der Waals surface area contributed by atoms with E-state index in [2.05, 4.69) is 20.1 Å². The minimum atomic E-state index is -3.49. The first-order chi connectivity index (χ1) is 12.4. The van der Waals surface area contributed by atoms with Crippen LogP contribution in [0.2, 0.25) is 0 Å². The van der Waals surface area contributed by atoms with Crippen molar-refractivity contribution in [2.75, 3.05) is 33.2 Å². The molecule has 1 unspecified atom stereocenters. The molecule has 0 spiro atoms. The molecule has 11 heteroatoms. The molecule has 2 aromatic heterocycles. The maximum atomic E-state index is 12.8. The second-order valence-corrected chi connectivity index (χ2v) is 8.11. The second-order valence-electron chi connectivity index (χ2n) is 6.14. The summed E-state index contributed by atoms with van der Waals surface area (Å²) in [6, 6.07) is 1.03. The van der Waals surface area contributed by atoms with Gasteiger partial charge in [-0.05, 0) is 7.05 Å². The van der Waals surface area contributed by atoms with E-state index in [0.717, 1.165) is 5.56 Å². The third-order valence-electron chi connectivity index (χ3n) is 4.36. The highest BCUT2D eigenvalue weighted by atomic mass is 32.2. The molecule has 3 heterocycles. The molecule has 1 amide bonds. The van der Waals surface area contributed by atoms with Crippen molar-refractivity contribution in [2.24, 2.45) is 7.05 Å². The summed E-state index contributed by atoms with van der Waals surface area (Å²) >= 11 is 0. The van der Waals surface area contributed by atoms with Gasteiger partial charge in [0.2, 0.25) is 15.9 Å². The van der Waals surface area contributed by atoms with Crippen molar-refractivity contribution in [3.05, 3.63) is 36.0 Å². The van der Waals surface area contributed by atoms with Gasteiger partial charge in [0, 0.05) is 51.1 Å². The Balaban J connectivity index is 1.61. The van der Waals surface area contributed by atoms with E-state index in [1.54, 1.807) is 36.1 Å². The number of nitrogens with zero attached hydrogens (tertiary/aromatic N) is 5. The molecule has 0 aliphatic carbocycles. The number of carbonyl (C=O) groups excluding carboxylic acids is 1. The van der Waals surface area contributed by atoms with Crippen LogP contribution in [-0.2, 0) is 27.6 Å². The standard InChI is InChI=1S/C15H22N6O4S/c1-16-14(12-9-17-19(2)10-12)15(22)20-4-6-21(7-5-20)26(23,24)11-13-3-8-25-18-13/h3,8-10,14,16H,4-7,11H2,1-2H3. The van der Waals surface area contributed by atoms with Gasteiger partial charge in [-0.1, -0.05) is 5.16 Å². The Morgan fingerprint density at radius 2 is 2.08 bits per heavy atom. The Labute approximate surface area is 151 Å². The molecule has 0 bridgehead atoms. The average Bonchev–Trinajstić information content (AvgIpc) is 3.27. The highest BCUT2D eigenvalue weighted by Crippen LogP contribution is 2.18. The van der Waals surface area contributed by atoms with Crippen LogP contribution in [0.15, 0.2) is 29.2 Å². The van der Waals surface area contributed by atoms with Gasteiger partial charge in [0.15, 0.2) is 0 Å². The van der Waals surface area contributed by atoms with E-state index in [1.165, 1.54) is 16.6 Å². The fourth-order valence-electron chi connectivity index (χ4n) is 2.98. The Bertz CT molecular complexity index is 839. The molecular weight excluding hydrogens is 360 g/mol. The predicted molar refractivity (Wildman–Crippen MR) is 92.3 cm³/mol. The first kappa shape index (κ1) is 18.5. The van der Waals surface area contributed by atoms with Gasteiger partial charge in [-0.25, -0.2) is 8.42 Å². The van der Waals surface area contributed by atoms with Crippen molar-refractivity contribution in [1.82, 2.24) is 29.5 Å². The SMILES string of the molecule is CNC(C(=O)N1CCN(S(=O)(=O)Cc2ccon2)CC1)c1cnn(C)c1. The summed E-state index contributed by atoms with van der Waals surface area (Å²) in [7, 11) is 0.0212. The summed E-state index contributed by atoms with van der Waals surface area (Å²) in [5, 5.41) is 10.8. The minimum absolute atomic E-state index is 0.0888. The van der Waals surface area contributed by atoms with Crippen molar-refractivity contribution in [2.45, 2.75) is 11.8 Å². The van der Waals surface area contributed by atoms with E-state index < -0.39 is 16.1 Å². The van der Waals surface area contributed by atoms with Crippen LogP contribution in [0.3, 0.4) is 0 Å². The van der Waals surface area contributed by atoms with Crippen LogP contribution in [0.5, 0.6) is 0 Å². The van der Waals surface area contributed by atoms with Crippen LogP contribution in [0.25, 0.3) is 0 Å². The molecule has 1 aliphatic heterocycles. The van der Waals surface area contributed by atoms with E-state index in [1.807, 2.05) is 0 Å². The molecule has 10 nitrogen and oxygen atoms in total. The molecule has 0 radical (unpaired) electrons. The molecular formula is C15H22N6O4S. The van der Waals surface area contributed by atoms with E-state index in [4.69, 9.17) is 0 Å². The fraction of sp³-hybridized carbons (Fsp3) is 0.533. The molecule has 1 N–H and O–H groups in total. The lowest BCUT2D eigenvalue weighted by Crippen LogP contribution is -2.52. The minimum Gasteiger partial charge on any atom is -0.364 e. The zero-order chi connectivity index (χ0) is 18.7. The lowest BCUT2D eigenvalue weighted by Gasteiger charge is -2.35. The number of nitrogens with one attached hydrogen (secondary N) is 1. The van der Waals surface area contributed by atoms with Crippen molar-refractivity contribution < 1.29 is 17.7 Å². The Morgan fingerprint density at radius 3 is 2.62 bits per heavy atom. The molecule has 1 aliphatic rings. The van der Waals surface area contributed by atoms with Gasteiger partial charge in [-0.2, -0.15) is 9.40 Å². The zero-order valence-corrected chi connectivity index (χ0v) is 15.5. The van der Waals surface area contributed by atoms with Crippen LogP contribution in [-0.4, -0.2) is 71.7 Å². The lowest BCUT2D eigenvalue weighted by atomic mass is 10.1. The molecule has 3 rings (SSSR count). The summed E-state index contributed by atoms with van der Waals surface area (Å²) < 4.78 is 32.6. The highest BCUT2D eigenvalue weighted by molar-refractivity contribution is 7.88. The van der Waals surface area contributed by atoms with E-state index >= 15 is 0 Å². The summed E-state index contributed by atoms with van der Waals surface area (Å²) in [6.45, 7) is 1.20. The fourth-order valence-corrected chi connectivity index (χ4v) is 4.41. The smallest absolute Gasteiger partial charge is 0.244 e. The van der Waals surface area contributed by atoms with Crippen LogP contribution >= 0.6 is 0 Å². The number of hydrogen-bond acceptors (Lipinski definition) is 7. The van der Waals surface area contributed by atoms with Crippen LogP contribution in [0.4, 0.5) is 0 Å². The number of amides is 1. The Hall–Kier alpha value is -2.24. The summed E-state index contributed by atoms with van der Waals surface area (Å²) in [4.78, 5) is 14.5. The molecule has 2 aromatic rings. The van der Waals surface area contributed by atoms with Gasteiger partial charge in [0.1, 0.15) is 18.1 Å². The van der Waals surface area contributed by atoms with Gasteiger partial charge in [0.25, 0.3) is 0 Å². The first-order valence-corrected chi connectivity index (χ1v) is 9.83. The number of hydrogen-bond donors (Lipinski definition) is 1. The average molecular weight is 382 g/mol. The third kappa shape index (κ3) is 3.94. The summed E-state index contributed by atoms with van der Waals surface area (Å²) in [5.74, 6) is -0.291. The number of sulfonamides is 1. The number of aromatic nitrogens is 3. The molecule has 1 fully saturated rings. The quantitative estimate of drug-likeness (QED) is 0.706. The number of aryl methyl sites for hydroxylation is 1. The number of rotatable bonds is 6. The molecule has 1 atom stereocenters. The van der Waals surface area contributed by atoms with Gasteiger partial charge in [-0.3, -0.25) is 9.48 Å². The van der Waals surface area contributed by atoms with Gasteiger partial charge in [0.05, 0.1) is 11.9 Å². The summed E-state index contributed by atoms with van der Waals surface area (Å²) in [6.07, 6.45) is 4.78. The van der Waals surface area contributed by atoms with E-state index in [-0.39, 0.29) is 24.7 Å². The van der Waals surface area contributed by atoms with Crippen LogP contribution < -0.4 is 5.32 Å². The molecule has 1 saturated heterocycles. The number of likely N-dealkylation sites (N-methyl/N-ethyl adjacent to an activating group) is 1. The lowest BCUT2D eigenvalue weighted by molar-refractivity contribution is -0.134. The maximum absolute atomic E-state index is 12.8. The zero-order valence-electron chi connectivity index (χ0n) is 14.7. The molecule has 142 valence electrons. The highest BCUT2D eigenvalue weighted by Gasteiger charge is 2.32. The van der Waals surface area contributed by atoms with E-state index in [0.29, 0.717) is 18.8 Å². The topological polar surface area (TPSA) is 114 Å². The molecule has 26 heavy (non-hydrogen) atoms. The third-order valence-corrected chi connectivity index (χ3v) is 6.17. The van der Waals surface area contributed by atoms with Crippen molar-refractivity contribution in [3.8, 4) is 0 Å². The molecule has 0 saturated carbocycles. The van der Waals surface area contributed by atoms with Crippen molar-refractivity contribution in [1.29, 1.82) is 0 Å². The van der Waals surface area contributed by atoms with Gasteiger partial charge in [-0.15, -0.1) is 0 Å². The van der Waals surface area contributed by atoms with Gasteiger partial charge >= 0.3 is 0 Å². The predicted octanol–water partition coefficient (Wildman–Crippen LogP) is -0.657. The van der Waals surface area contributed by atoms with Crippen LogP contribution in [0.1, 0.15) is 17.3 Å². The number of piperazine rings is 1. The Kier molecular flexibility index (Phi) is 5.39. The van der Waals surface area contributed by atoms with Crippen molar-refractivity contribution in [3.63, 3.8) is 0 Å². The molecule has 0 aromatic carbocycles. The van der Waals surface area contributed by atoms with Crippen LogP contribution in [0, 0.1) is 0 Å². The van der Waals surface area contributed by atoms with Gasteiger partial charge < -0.3 is 14.7 Å². The Morgan fingerprint density at radius 1 is 1.35 bits per heavy atom. The normalized spacial score (nSPS) is 17.4.